The number of ether oxygens (including phenoxy) is 1. The number of benzene rings is 2. The topological polar surface area (TPSA) is 118 Å². The predicted octanol–water partition coefficient (Wildman–Crippen LogP) is 3.01. The number of nitrogens with zero attached hydrogens (tertiary/aromatic N) is 4. The van der Waals surface area contributed by atoms with E-state index in [2.05, 4.69) is 11.2 Å². The molecule has 2 aromatic carbocycles. The molecule has 3 aromatic rings. The third-order valence-corrected chi connectivity index (χ3v) is 5.75. The molecule has 32 heavy (non-hydrogen) atoms. The van der Waals surface area contributed by atoms with Crippen molar-refractivity contribution in [3.8, 4) is 11.8 Å². The van der Waals surface area contributed by atoms with Crippen LogP contribution in [0.2, 0.25) is 0 Å². The molecular formula is C24H20N4O4. The zero-order chi connectivity index (χ0) is 22.2. The molecule has 0 spiro atoms. The summed E-state index contributed by atoms with van der Waals surface area (Å²) in [7, 11) is 0. The van der Waals surface area contributed by atoms with Gasteiger partial charge in [0.05, 0.1) is 28.9 Å². The number of aliphatic imine (C=N–C) groups is 1. The van der Waals surface area contributed by atoms with Gasteiger partial charge in [0.2, 0.25) is 0 Å². The monoisotopic (exact) mass is 428 g/mol. The molecule has 8 heteroatoms. The zero-order valence-corrected chi connectivity index (χ0v) is 17.2. The number of rotatable bonds is 7. The van der Waals surface area contributed by atoms with Crippen LogP contribution in [0.25, 0.3) is 10.8 Å². The Morgan fingerprint density at radius 3 is 2.75 bits per heavy atom. The van der Waals surface area contributed by atoms with Crippen LogP contribution in [0.15, 0.2) is 46.2 Å². The summed E-state index contributed by atoms with van der Waals surface area (Å²) in [6.07, 6.45) is 3.26. The van der Waals surface area contributed by atoms with E-state index < -0.39 is 18.1 Å². The van der Waals surface area contributed by atoms with Crippen molar-refractivity contribution in [2.45, 2.75) is 32.2 Å². The van der Waals surface area contributed by atoms with Crippen molar-refractivity contribution in [3.05, 3.63) is 63.6 Å². The maximum absolute atomic E-state index is 12.6. The highest BCUT2D eigenvalue weighted by Crippen LogP contribution is 2.36. The lowest BCUT2D eigenvalue weighted by molar-refractivity contribution is -0.138. The van der Waals surface area contributed by atoms with Crippen molar-refractivity contribution in [2.24, 2.45) is 10.9 Å². The van der Waals surface area contributed by atoms with Gasteiger partial charge in [0.25, 0.3) is 5.56 Å². The highest BCUT2D eigenvalue weighted by atomic mass is 16.5. The standard InChI is InChI=1S/C24H20N4O4/c25-11-16-7-15-8-17(26-20(15)10-22(16)32-13-14-5-6-14)9-21-18-3-1-2-4-19(18)24(31)28(27-21)12-23(29)30/h1-4,7,10,14H,5-6,8-9,12-13H2,(H,29,30). The first kappa shape index (κ1) is 19.9. The number of carboxylic acid groups (broad SMARTS) is 1. The molecular weight excluding hydrogens is 408 g/mol. The van der Waals surface area contributed by atoms with Crippen molar-refractivity contribution >= 4 is 28.1 Å². The highest BCUT2D eigenvalue weighted by molar-refractivity contribution is 5.98. The molecule has 1 aliphatic heterocycles. The molecule has 0 amide bonds. The summed E-state index contributed by atoms with van der Waals surface area (Å²) in [6, 6.07) is 12.9. The quantitative estimate of drug-likeness (QED) is 0.618. The zero-order valence-electron chi connectivity index (χ0n) is 17.2. The molecule has 0 unspecified atom stereocenters. The average Bonchev–Trinajstić information content (AvgIpc) is 3.53. The maximum atomic E-state index is 12.6. The summed E-state index contributed by atoms with van der Waals surface area (Å²) in [5, 5.41) is 24.1. The Bertz CT molecular complexity index is 1380. The fourth-order valence-corrected chi connectivity index (χ4v) is 3.95. The fraction of sp³-hybridized carbons (Fsp3) is 0.292. The van der Waals surface area contributed by atoms with Gasteiger partial charge in [-0.25, -0.2) is 4.68 Å². The van der Waals surface area contributed by atoms with E-state index in [4.69, 9.17) is 14.8 Å². The van der Waals surface area contributed by atoms with Crippen molar-refractivity contribution in [2.75, 3.05) is 6.61 Å². The summed E-state index contributed by atoms with van der Waals surface area (Å²) in [4.78, 5) is 28.5. The molecule has 2 aliphatic rings. The molecule has 5 rings (SSSR count). The van der Waals surface area contributed by atoms with Gasteiger partial charge in [-0.3, -0.25) is 14.6 Å². The molecule has 2 heterocycles. The lowest BCUT2D eigenvalue weighted by Gasteiger charge is -2.09. The molecule has 1 saturated carbocycles. The van der Waals surface area contributed by atoms with Crippen LogP contribution in [-0.2, 0) is 24.2 Å². The second kappa shape index (κ2) is 7.93. The van der Waals surface area contributed by atoms with Crippen molar-refractivity contribution < 1.29 is 14.6 Å². The van der Waals surface area contributed by atoms with E-state index in [1.165, 1.54) is 12.8 Å². The van der Waals surface area contributed by atoms with Crippen LogP contribution < -0.4 is 10.3 Å². The third-order valence-electron chi connectivity index (χ3n) is 5.75. The van der Waals surface area contributed by atoms with Gasteiger partial charge in [-0.2, -0.15) is 10.4 Å². The Morgan fingerprint density at radius 1 is 1.25 bits per heavy atom. The van der Waals surface area contributed by atoms with Crippen molar-refractivity contribution in [3.63, 3.8) is 0 Å². The van der Waals surface area contributed by atoms with Gasteiger partial charge in [-0.05, 0) is 36.5 Å². The van der Waals surface area contributed by atoms with Gasteiger partial charge in [0, 0.05) is 30.0 Å². The third kappa shape index (κ3) is 3.85. The van der Waals surface area contributed by atoms with Crippen molar-refractivity contribution in [1.82, 2.24) is 9.78 Å². The van der Waals surface area contributed by atoms with E-state index in [0.29, 0.717) is 53.1 Å². The molecule has 1 fully saturated rings. The lowest BCUT2D eigenvalue weighted by atomic mass is 10.0. The molecule has 0 radical (unpaired) electrons. The van der Waals surface area contributed by atoms with Crippen LogP contribution in [0.1, 0.15) is 29.7 Å². The van der Waals surface area contributed by atoms with Crippen LogP contribution in [0.3, 0.4) is 0 Å². The average molecular weight is 428 g/mol. The lowest BCUT2D eigenvalue weighted by Crippen LogP contribution is -2.28. The molecule has 1 aliphatic carbocycles. The number of fused-ring (bicyclic) bond motifs is 2. The molecule has 0 bridgehead atoms. The molecule has 1 N–H and O–H groups in total. The normalized spacial score (nSPS) is 14.7. The molecule has 1 aromatic heterocycles. The number of carbonyl (C=O) groups is 1. The first-order valence-electron chi connectivity index (χ1n) is 10.5. The van der Waals surface area contributed by atoms with E-state index >= 15 is 0 Å². The Morgan fingerprint density at radius 2 is 2.03 bits per heavy atom. The maximum Gasteiger partial charge on any atom is 0.325 e. The molecule has 8 nitrogen and oxygen atoms in total. The van der Waals surface area contributed by atoms with E-state index in [1.807, 2.05) is 24.3 Å². The van der Waals surface area contributed by atoms with E-state index in [1.54, 1.807) is 12.1 Å². The summed E-state index contributed by atoms with van der Waals surface area (Å²) in [6.45, 7) is 0.113. The number of hydrogen-bond acceptors (Lipinski definition) is 6. The minimum Gasteiger partial charge on any atom is -0.492 e. The largest absolute Gasteiger partial charge is 0.492 e. The van der Waals surface area contributed by atoms with E-state index in [9.17, 15) is 14.9 Å². The Hall–Kier alpha value is -3.99. The number of aromatic nitrogens is 2. The SMILES string of the molecule is N#Cc1cc2c(cc1OCC1CC1)N=C(Cc1nn(CC(=O)O)c(=O)c3ccccc13)C2. The van der Waals surface area contributed by atoms with Gasteiger partial charge < -0.3 is 9.84 Å². The Labute approximate surface area is 183 Å². The van der Waals surface area contributed by atoms with Crippen molar-refractivity contribution in [1.29, 1.82) is 5.26 Å². The Kier molecular flexibility index (Phi) is 4.94. The van der Waals surface area contributed by atoms with Gasteiger partial charge in [0.15, 0.2) is 0 Å². The number of hydrogen-bond donors (Lipinski definition) is 1. The van der Waals surface area contributed by atoms with Crippen LogP contribution in [0.5, 0.6) is 5.75 Å². The molecule has 0 saturated heterocycles. The molecule has 160 valence electrons. The second-order valence-electron chi connectivity index (χ2n) is 8.22. The van der Waals surface area contributed by atoms with Gasteiger partial charge >= 0.3 is 5.97 Å². The smallest absolute Gasteiger partial charge is 0.325 e. The Balaban J connectivity index is 1.47. The van der Waals surface area contributed by atoms with Gasteiger partial charge in [-0.1, -0.05) is 18.2 Å². The molecule has 0 atom stereocenters. The minimum atomic E-state index is -1.13. The summed E-state index contributed by atoms with van der Waals surface area (Å²) < 4.78 is 6.84. The second-order valence-corrected chi connectivity index (χ2v) is 8.22. The van der Waals surface area contributed by atoms with Crippen LogP contribution in [0, 0.1) is 17.2 Å². The predicted molar refractivity (Wildman–Crippen MR) is 118 cm³/mol. The van der Waals surface area contributed by atoms with Crippen LogP contribution >= 0.6 is 0 Å². The summed E-state index contributed by atoms with van der Waals surface area (Å²) in [5.41, 5.74) is 3.21. The first-order valence-corrected chi connectivity index (χ1v) is 10.5. The van der Waals surface area contributed by atoms with Crippen LogP contribution in [-0.4, -0.2) is 33.2 Å². The summed E-state index contributed by atoms with van der Waals surface area (Å²) >= 11 is 0. The highest BCUT2D eigenvalue weighted by Gasteiger charge is 2.24. The number of aliphatic carboxylic acids is 1. The first-order chi connectivity index (χ1) is 15.5. The van der Waals surface area contributed by atoms with E-state index in [0.717, 1.165) is 21.6 Å². The number of carboxylic acids is 1. The minimum absolute atomic E-state index is 0.370. The van der Waals surface area contributed by atoms with E-state index in [-0.39, 0.29) is 0 Å². The number of nitriles is 1. The van der Waals surface area contributed by atoms with Gasteiger partial charge in [0.1, 0.15) is 18.4 Å². The van der Waals surface area contributed by atoms with Crippen LogP contribution in [0.4, 0.5) is 5.69 Å². The summed E-state index contributed by atoms with van der Waals surface area (Å²) in [5.74, 6) is 0.00522. The fourth-order valence-electron chi connectivity index (χ4n) is 3.95. The van der Waals surface area contributed by atoms with Gasteiger partial charge in [-0.15, -0.1) is 0 Å².